The first-order chi connectivity index (χ1) is 27.2. The van der Waals surface area contributed by atoms with Gasteiger partial charge in [0, 0.05) is 112 Å². The van der Waals surface area contributed by atoms with E-state index in [-0.39, 0.29) is 0 Å². The van der Waals surface area contributed by atoms with E-state index in [0.29, 0.717) is 19.5 Å². The highest BCUT2D eigenvalue weighted by atomic mass is 16.5. The van der Waals surface area contributed by atoms with Gasteiger partial charge in [0.05, 0.1) is 26.4 Å². The Hall–Kier alpha value is -4.23. The second-order valence-corrected chi connectivity index (χ2v) is 15.6. The fourth-order valence-corrected chi connectivity index (χ4v) is 8.91. The van der Waals surface area contributed by atoms with Gasteiger partial charge in [0.15, 0.2) is 11.5 Å². The lowest BCUT2D eigenvalue weighted by atomic mass is 9.93. The Labute approximate surface area is 324 Å². The molecule has 288 valence electrons. The Morgan fingerprint density at radius 1 is 0.600 bits per heavy atom. The molecular formula is C44H53N7O4. The summed E-state index contributed by atoms with van der Waals surface area (Å²) in [7, 11) is 0. The average molecular weight is 744 g/mol. The Kier molecular flexibility index (Phi) is 11.4. The van der Waals surface area contributed by atoms with Crippen LogP contribution in [-0.2, 0) is 42.2 Å². The minimum absolute atomic E-state index is 0.566. The van der Waals surface area contributed by atoms with Crippen molar-refractivity contribution < 1.29 is 18.9 Å². The molecule has 0 radical (unpaired) electrons. The normalized spacial score (nSPS) is 20.2. The van der Waals surface area contributed by atoms with E-state index in [0.717, 1.165) is 108 Å². The number of benzene rings is 2. The van der Waals surface area contributed by atoms with E-state index in [1.807, 2.05) is 36.8 Å². The van der Waals surface area contributed by atoms with Gasteiger partial charge in [-0.3, -0.25) is 34.6 Å². The van der Waals surface area contributed by atoms with Crippen LogP contribution in [-0.4, -0.2) is 107 Å². The summed E-state index contributed by atoms with van der Waals surface area (Å²) in [5.41, 5.74) is 8.40. The van der Waals surface area contributed by atoms with Crippen molar-refractivity contribution in [3.05, 3.63) is 101 Å². The molecule has 0 atom stereocenters. The van der Waals surface area contributed by atoms with E-state index in [4.69, 9.17) is 23.9 Å². The zero-order valence-electron chi connectivity index (χ0n) is 31.9. The maximum absolute atomic E-state index is 6.28. The quantitative estimate of drug-likeness (QED) is 0.187. The number of hydrogen-bond donors (Lipinski definition) is 0. The highest BCUT2D eigenvalue weighted by Crippen LogP contribution is 2.38. The van der Waals surface area contributed by atoms with Crippen LogP contribution in [0.3, 0.4) is 0 Å². The molecule has 2 aromatic carbocycles. The zero-order valence-corrected chi connectivity index (χ0v) is 31.9. The van der Waals surface area contributed by atoms with Crippen molar-refractivity contribution in [2.45, 2.75) is 70.9 Å². The average Bonchev–Trinajstić information content (AvgIpc) is 3.25. The van der Waals surface area contributed by atoms with Gasteiger partial charge in [-0.2, -0.15) is 0 Å². The number of pyridine rings is 3. The number of ether oxygens (including phenoxy) is 4. The van der Waals surface area contributed by atoms with Crippen LogP contribution in [0.5, 0.6) is 11.5 Å². The second-order valence-electron chi connectivity index (χ2n) is 15.6. The molecule has 7 heterocycles. The molecule has 0 amide bonds. The summed E-state index contributed by atoms with van der Waals surface area (Å²) in [4.78, 5) is 23.4. The lowest BCUT2D eigenvalue weighted by Gasteiger charge is -2.38. The van der Waals surface area contributed by atoms with Gasteiger partial charge in [-0.05, 0) is 59.9 Å². The smallest absolute Gasteiger partial charge is 0.152 e. The molecule has 55 heavy (non-hydrogen) atoms. The van der Waals surface area contributed by atoms with Gasteiger partial charge in [0.25, 0.3) is 0 Å². The van der Waals surface area contributed by atoms with E-state index in [9.17, 15) is 0 Å². The predicted octanol–water partition coefficient (Wildman–Crippen LogP) is 6.37. The highest BCUT2D eigenvalue weighted by molar-refractivity contribution is 5.90. The number of nitrogens with zero attached hydrogens (tertiary/aromatic N) is 7. The molecular weight excluding hydrogens is 691 g/mol. The molecule has 11 heteroatoms. The number of aromatic nitrogens is 3. The molecule has 11 nitrogen and oxygen atoms in total. The standard InChI is InChI=1S/C22H24N4O2.C22H29N3O2/c1-3-17(12-23-5-1)13-26-15-19-11-18(14-25-7-9-27-10-8-25)20-4-2-6-24-21(20)22(19)28-16-26;1-2-5-19(6-3-1)25-15-18-13-17(14-24-9-11-26-12-10-24)20-7-4-8-23-21(20)22(18)27-16-25/h1-6,11-12H,7-10,13-16H2;4,7-8,13,19H,1-3,5-6,9-12,14-16H2. The lowest BCUT2D eigenvalue weighted by molar-refractivity contribution is 0.0338. The summed E-state index contributed by atoms with van der Waals surface area (Å²) in [6, 6.07) is 17.8. The first-order valence-corrected chi connectivity index (χ1v) is 20.3. The molecule has 0 unspecified atom stereocenters. The fourth-order valence-electron chi connectivity index (χ4n) is 8.91. The summed E-state index contributed by atoms with van der Waals surface area (Å²) in [6.45, 7) is 13.1. The number of hydrogen-bond acceptors (Lipinski definition) is 11. The Balaban J connectivity index is 0.000000144. The van der Waals surface area contributed by atoms with Crippen molar-refractivity contribution in [3.63, 3.8) is 0 Å². The molecule has 1 saturated carbocycles. The molecule has 5 aliphatic rings. The minimum Gasteiger partial charge on any atom is -0.475 e. The summed E-state index contributed by atoms with van der Waals surface area (Å²) < 4.78 is 23.5. The molecule has 3 aromatic heterocycles. The number of fused-ring (bicyclic) bond motifs is 6. The van der Waals surface area contributed by atoms with Gasteiger partial charge >= 0.3 is 0 Å². The summed E-state index contributed by atoms with van der Waals surface area (Å²) in [5, 5.41) is 2.42. The molecule has 0 N–H and O–H groups in total. The molecule has 4 aliphatic heterocycles. The van der Waals surface area contributed by atoms with E-state index >= 15 is 0 Å². The topological polar surface area (TPSA) is 88.5 Å². The van der Waals surface area contributed by atoms with E-state index < -0.39 is 0 Å². The highest BCUT2D eigenvalue weighted by Gasteiger charge is 2.29. The zero-order chi connectivity index (χ0) is 36.8. The third-order valence-corrected chi connectivity index (χ3v) is 11.8. The van der Waals surface area contributed by atoms with E-state index in [1.54, 1.807) is 6.20 Å². The summed E-state index contributed by atoms with van der Waals surface area (Å²) in [6.07, 6.45) is 14.2. The maximum Gasteiger partial charge on any atom is 0.152 e. The second kappa shape index (κ2) is 17.3. The monoisotopic (exact) mass is 743 g/mol. The van der Waals surface area contributed by atoms with Crippen molar-refractivity contribution in [1.29, 1.82) is 0 Å². The predicted molar refractivity (Wildman–Crippen MR) is 213 cm³/mol. The maximum atomic E-state index is 6.28. The molecule has 10 rings (SSSR count). The Bertz CT molecular complexity index is 2050. The van der Waals surface area contributed by atoms with Crippen molar-refractivity contribution in [2.24, 2.45) is 0 Å². The van der Waals surface area contributed by atoms with Crippen molar-refractivity contribution in [3.8, 4) is 11.5 Å². The van der Waals surface area contributed by atoms with Crippen LogP contribution >= 0.6 is 0 Å². The number of rotatable bonds is 7. The van der Waals surface area contributed by atoms with E-state index in [1.165, 1.54) is 70.7 Å². The first kappa shape index (κ1) is 36.4. The molecule has 1 aliphatic carbocycles. The van der Waals surface area contributed by atoms with Crippen LogP contribution < -0.4 is 9.47 Å². The van der Waals surface area contributed by atoms with Crippen LogP contribution in [0.25, 0.3) is 21.8 Å². The van der Waals surface area contributed by atoms with Crippen molar-refractivity contribution >= 4 is 21.8 Å². The van der Waals surface area contributed by atoms with Gasteiger partial charge in [0.2, 0.25) is 0 Å². The third kappa shape index (κ3) is 8.47. The van der Waals surface area contributed by atoms with Crippen molar-refractivity contribution in [1.82, 2.24) is 34.6 Å². The molecule has 0 spiro atoms. The Morgan fingerprint density at radius 3 is 1.78 bits per heavy atom. The van der Waals surface area contributed by atoms with E-state index in [2.05, 4.69) is 59.9 Å². The van der Waals surface area contributed by atoms with Gasteiger partial charge in [-0.1, -0.05) is 37.5 Å². The molecule has 5 aromatic rings. The van der Waals surface area contributed by atoms with Gasteiger partial charge in [0.1, 0.15) is 24.5 Å². The largest absolute Gasteiger partial charge is 0.475 e. The molecule has 0 bridgehead atoms. The van der Waals surface area contributed by atoms with Crippen LogP contribution in [0.2, 0.25) is 0 Å². The first-order valence-electron chi connectivity index (χ1n) is 20.3. The van der Waals surface area contributed by atoms with Crippen LogP contribution in [0.1, 0.15) is 59.9 Å². The third-order valence-electron chi connectivity index (χ3n) is 11.8. The minimum atomic E-state index is 0.566. The number of morpholine rings is 2. The summed E-state index contributed by atoms with van der Waals surface area (Å²) >= 11 is 0. The Morgan fingerprint density at radius 2 is 1.18 bits per heavy atom. The van der Waals surface area contributed by atoms with Crippen LogP contribution in [0.15, 0.2) is 73.3 Å². The molecule has 2 saturated heterocycles. The van der Waals surface area contributed by atoms with Gasteiger partial charge < -0.3 is 18.9 Å². The van der Waals surface area contributed by atoms with Gasteiger partial charge in [-0.25, -0.2) is 0 Å². The van der Waals surface area contributed by atoms with Crippen LogP contribution in [0, 0.1) is 0 Å². The van der Waals surface area contributed by atoms with Gasteiger partial charge in [-0.15, -0.1) is 0 Å². The fraction of sp³-hybridized carbons (Fsp3) is 0.477. The van der Waals surface area contributed by atoms with Crippen molar-refractivity contribution in [2.75, 3.05) is 66.1 Å². The lowest BCUT2D eigenvalue weighted by Crippen LogP contribution is -2.41. The summed E-state index contributed by atoms with van der Waals surface area (Å²) in [5.74, 6) is 1.94. The van der Waals surface area contributed by atoms with Crippen LogP contribution in [0.4, 0.5) is 0 Å². The molecule has 3 fully saturated rings. The SMILES string of the molecule is c1cnc2c3c(cc(CN4CCOCC4)c2c1)CN(C1CCCCC1)CO3.c1cncc(CN2COc3c(cc(CN4CCOCC4)c4cccnc34)C2)c1.